The van der Waals surface area contributed by atoms with Gasteiger partial charge in [0, 0.05) is 37.9 Å². The molecule has 0 fully saturated rings. The molecule has 0 heterocycles. The third-order valence-corrected chi connectivity index (χ3v) is 8.36. The maximum absolute atomic E-state index is 13.1. The zero-order valence-electron chi connectivity index (χ0n) is 23.5. The maximum Gasteiger partial charge on any atom is 0.311 e. The molecule has 218 valence electrons. The molecule has 2 aromatic carbocycles. The number of amides is 2. The Balaban J connectivity index is 1.43. The number of ether oxygens (including phenoxy) is 1. The topological polar surface area (TPSA) is 136 Å². The monoisotopic (exact) mass is 573 g/mol. The molecule has 0 spiro atoms. The van der Waals surface area contributed by atoms with Crippen LogP contribution < -0.4 is 10.1 Å². The molecule has 1 aliphatic rings. The minimum absolute atomic E-state index is 0.0127. The van der Waals surface area contributed by atoms with Crippen molar-refractivity contribution in [3.8, 4) is 5.75 Å². The number of hydrogen-bond donors (Lipinski definition) is 1. The van der Waals surface area contributed by atoms with Crippen molar-refractivity contribution in [1.82, 2.24) is 10.2 Å². The molecule has 2 aromatic rings. The molecule has 0 bridgehead atoms. The van der Waals surface area contributed by atoms with E-state index in [2.05, 4.69) is 5.32 Å². The molecule has 1 atom stereocenters. The number of nitrogens with zero attached hydrogens (tertiary/aromatic N) is 2. The molecule has 0 unspecified atom stereocenters. The highest BCUT2D eigenvalue weighted by Gasteiger charge is 2.29. The number of benzene rings is 2. The Morgan fingerprint density at radius 1 is 1.12 bits per heavy atom. The van der Waals surface area contributed by atoms with E-state index in [-0.39, 0.29) is 40.6 Å². The van der Waals surface area contributed by atoms with Crippen molar-refractivity contribution in [2.75, 3.05) is 26.5 Å². The predicted octanol–water partition coefficient (Wildman–Crippen LogP) is 4.02. The smallest absolute Gasteiger partial charge is 0.311 e. The molecule has 0 saturated carbocycles. The van der Waals surface area contributed by atoms with Gasteiger partial charge in [0.15, 0.2) is 15.6 Å². The molecule has 3 rings (SSSR count). The Morgan fingerprint density at radius 3 is 2.48 bits per heavy atom. The van der Waals surface area contributed by atoms with Crippen LogP contribution in [-0.4, -0.2) is 62.6 Å². The lowest BCUT2D eigenvalue weighted by molar-refractivity contribution is -0.385. The number of fused-ring (bicyclic) bond motifs is 1. The molecule has 0 radical (unpaired) electrons. The van der Waals surface area contributed by atoms with Crippen molar-refractivity contribution in [2.45, 2.75) is 75.6 Å². The van der Waals surface area contributed by atoms with Gasteiger partial charge >= 0.3 is 5.69 Å². The Kier molecular flexibility index (Phi) is 11.1. The summed E-state index contributed by atoms with van der Waals surface area (Å²) in [6, 6.07) is 9.66. The second-order valence-electron chi connectivity index (χ2n) is 10.3. The fraction of sp³-hybridized carbons (Fsp3) is 0.517. The van der Waals surface area contributed by atoms with Crippen LogP contribution in [0.2, 0.25) is 0 Å². The van der Waals surface area contributed by atoms with Crippen LogP contribution in [0.4, 0.5) is 5.69 Å². The molecule has 10 nitrogen and oxygen atoms in total. The number of carbonyl (C=O) groups is 2. The maximum atomic E-state index is 13.1. The van der Waals surface area contributed by atoms with Crippen LogP contribution >= 0.6 is 0 Å². The number of nitrogens with one attached hydrogen (secondary N) is 1. The number of rotatable bonds is 14. The normalized spacial score (nSPS) is 14.7. The number of aryl methyl sites for hydroxylation is 1. The zero-order chi connectivity index (χ0) is 29.3. The first kappa shape index (κ1) is 31.1. The van der Waals surface area contributed by atoms with Gasteiger partial charge < -0.3 is 15.0 Å². The first-order valence-corrected chi connectivity index (χ1v) is 15.6. The van der Waals surface area contributed by atoms with E-state index in [1.807, 2.05) is 11.8 Å². The van der Waals surface area contributed by atoms with Gasteiger partial charge in [-0.05, 0) is 73.4 Å². The number of nitro benzene ring substituents is 1. The van der Waals surface area contributed by atoms with Gasteiger partial charge in [-0.1, -0.05) is 25.5 Å². The van der Waals surface area contributed by atoms with Crippen LogP contribution in [0.1, 0.15) is 62.1 Å². The summed E-state index contributed by atoms with van der Waals surface area (Å²) in [5.74, 6) is 0.232. The summed E-state index contributed by atoms with van der Waals surface area (Å²) in [7, 11) is -1.84. The summed E-state index contributed by atoms with van der Waals surface area (Å²) in [5.41, 5.74) is 2.63. The highest BCUT2D eigenvalue weighted by atomic mass is 32.2. The van der Waals surface area contributed by atoms with Crippen LogP contribution in [0.5, 0.6) is 5.75 Å². The number of sulfone groups is 1. The molecule has 2 amide bonds. The summed E-state index contributed by atoms with van der Waals surface area (Å²) >= 11 is 0. The quantitative estimate of drug-likeness (QED) is 0.205. The Morgan fingerprint density at radius 2 is 1.85 bits per heavy atom. The van der Waals surface area contributed by atoms with Crippen molar-refractivity contribution < 1.29 is 27.7 Å². The molecular formula is C29H39N3O7S. The number of unbranched alkanes of at least 4 members (excludes halogenated alkanes) is 2. The van der Waals surface area contributed by atoms with E-state index in [0.29, 0.717) is 32.4 Å². The molecule has 1 N–H and O–H groups in total. The zero-order valence-corrected chi connectivity index (χ0v) is 24.3. The summed E-state index contributed by atoms with van der Waals surface area (Å²) in [4.78, 5) is 38.6. The van der Waals surface area contributed by atoms with Crippen LogP contribution in [0.3, 0.4) is 0 Å². The van der Waals surface area contributed by atoms with E-state index < -0.39 is 14.8 Å². The SMILES string of the molecule is CCCN(C(=O)CCCCCNC(=O)Cc1ccc(S(C)(=O)=O)cc1)[C@@H]1CCc2cc(OC)c([N+](=O)[O-])cc2C1. The second-order valence-corrected chi connectivity index (χ2v) is 12.3. The summed E-state index contributed by atoms with van der Waals surface area (Å²) in [6.07, 6.45) is 6.99. The largest absolute Gasteiger partial charge is 0.490 e. The Bertz CT molecular complexity index is 1310. The molecule has 11 heteroatoms. The number of methoxy groups -OCH3 is 1. The van der Waals surface area contributed by atoms with Crippen molar-refractivity contribution in [2.24, 2.45) is 0 Å². The first-order chi connectivity index (χ1) is 19.0. The van der Waals surface area contributed by atoms with Crippen LogP contribution in [0, 0.1) is 10.1 Å². The van der Waals surface area contributed by atoms with Crippen molar-refractivity contribution >= 4 is 27.3 Å². The molecule has 1 aliphatic carbocycles. The average molecular weight is 574 g/mol. The average Bonchev–Trinajstić information content (AvgIpc) is 2.92. The van der Waals surface area contributed by atoms with Gasteiger partial charge in [0.25, 0.3) is 0 Å². The van der Waals surface area contributed by atoms with Crippen molar-refractivity contribution in [1.29, 1.82) is 0 Å². The van der Waals surface area contributed by atoms with Gasteiger partial charge in [-0.3, -0.25) is 19.7 Å². The molecule has 0 aliphatic heterocycles. The number of nitro groups is 1. The molecule has 0 saturated heterocycles. The fourth-order valence-electron chi connectivity index (χ4n) is 5.13. The summed E-state index contributed by atoms with van der Waals surface area (Å²) < 4.78 is 28.3. The van der Waals surface area contributed by atoms with Crippen LogP contribution in [0.25, 0.3) is 0 Å². The van der Waals surface area contributed by atoms with Crippen LogP contribution in [-0.2, 0) is 38.7 Å². The number of hydrogen-bond acceptors (Lipinski definition) is 7. The lowest BCUT2D eigenvalue weighted by Crippen LogP contribution is -2.43. The lowest BCUT2D eigenvalue weighted by atomic mass is 9.86. The molecule has 0 aromatic heterocycles. The van der Waals surface area contributed by atoms with E-state index in [1.165, 1.54) is 19.2 Å². The first-order valence-electron chi connectivity index (χ1n) is 13.7. The van der Waals surface area contributed by atoms with Gasteiger partial charge in [-0.25, -0.2) is 8.42 Å². The van der Waals surface area contributed by atoms with Crippen LogP contribution in [0.15, 0.2) is 41.3 Å². The van der Waals surface area contributed by atoms with E-state index in [4.69, 9.17) is 4.74 Å². The standard InChI is InChI=1S/C29H39N3O7S/c1-4-16-31(24-12-11-22-20-27(39-2)26(32(35)36)19-23(22)18-24)29(34)8-6-5-7-15-30-28(33)17-21-9-13-25(14-10-21)40(3,37)38/h9-10,13-14,19-20,24H,4-8,11-12,15-18H2,1-3H3,(H,30,33)/t24-/m1/s1. The highest BCUT2D eigenvalue weighted by molar-refractivity contribution is 7.90. The van der Waals surface area contributed by atoms with E-state index in [1.54, 1.807) is 24.3 Å². The summed E-state index contributed by atoms with van der Waals surface area (Å²) in [5, 5.41) is 14.3. The van der Waals surface area contributed by atoms with E-state index in [9.17, 15) is 28.1 Å². The fourth-order valence-corrected chi connectivity index (χ4v) is 5.76. The van der Waals surface area contributed by atoms with Gasteiger partial charge in [-0.2, -0.15) is 0 Å². The van der Waals surface area contributed by atoms with Gasteiger partial charge in [-0.15, -0.1) is 0 Å². The van der Waals surface area contributed by atoms with Gasteiger partial charge in [0.2, 0.25) is 11.8 Å². The Hall–Kier alpha value is -3.47. The van der Waals surface area contributed by atoms with Gasteiger partial charge in [0.1, 0.15) is 0 Å². The third-order valence-electron chi connectivity index (χ3n) is 7.23. The lowest BCUT2D eigenvalue weighted by Gasteiger charge is -2.35. The van der Waals surface area contributed by atoms with Gasteiger partial charge in [0.05, 0.1) is 23.3 Å². The minimum Gasteiger partial charge on any atom is -0.490 e. The summed E-state index contributed by atoms with van der Waals surface area (Å²) in [6.45, 7) is 3.20. The number of carbonyl (C=O) groups excluding carboxylic acids is 2. The predicted molar refractivity (Wildman–Crippen MR) is 152 cm³/mol. The Labute approximate surface area is 236 Å². The van der Waals surface area contributed by atoms with Crippen molar-refractivity contribution in [3.63, 3.8) is 0 Å². The molecule has 40 heavy (non-hydrogen) atoms. The van der Waals surface area contributed by atoms with Crippen molar-refractivity contribution in [3.05, 3.63) is 63.2 Å². The molecular weight excluding hydrogens is 534 g/mol. The second kappa shape index (κ2) is 14.2. The third kappa shape index (κ3) is 8.51. The highest BCUT2D eigenvalue weighted by Crippen LogP contribution is 2.35. The van der Waals surface area contributed by atoms with E-state index >= 15 is 0 Å². The van der Waals surface area contributed by atoms with E-state index in [0.717, 1.165) is 55.1 Å². The minimum atomic E-state index is -3.27.